The molecule has 0 aliphatic heterocycles. The first-order valence-corrected chi connectivity index (χ1v) is 9.00. The van der Waals surface area contributed by atoms with Gasteiger partial charge in [-0.1, -0.05) is 43.2 Å². The molecule has 0 aliphatic carbocycles. The van der Waals surface area contributed by atoms with Crippen molar-refractivity contribution in [3.05, 3.63) is 60.2 Å². The van der Waals surface area contributed by atoms with Crippen molar-refractivity contribution in [2.24, 2.45) is 5.10 Å². The monoisotopic (exact) mass is 368 g/mol. The van der Waals surface area contributed by atoms with Crippen LogP contribution in [-0.4, -0.2) is 23.2 Å². The van der Waals surface area contributed by atoms with Gasteiger partial charge in [0.05, 0.1) is 6.21 Å². The molecular weight excluding hydrogens is 344 g/mol. The Labute approximate surface area is 158 Å². The molecule has 6 nitrogen and oxygen atoms in total. The number of carbonyl (C=O) groups excluding carboxylic acids is 1. The average molecular weight is 368 g/mol. The van der Waals surface area contributed by atoms with E-state index in [4.69, 9.17) is 9.84 Å². The van der Waals surface area contributed by atoms with E-state index in [-0.39, 0.29) is 12.3 Å². The number of rotatable bonds is 11. The lowest BCUT2D eigenvalue weighted by molar-refractivity contribution is -0.137. The van der Waals surface area contributed by atoms with Crippen LogP contribution in [0, 0.1) is 0 Å². The molecule has 27 heavy (non-hydrogen) atoms. The quantitative estimate of drug-likeness (QED) is 0.350. The molecule has 0 saturated carbocycles. The number of hydrazone groups is 1. The predicted octanol–water partition coefficient (Wildman–Crippen LogP) is 4.35. The fraction of sp³-hybridized carbons (Fsp3) is 0.286. The fourth-order valence-electron chi connectivity index (χ4n) is 2.43. The number of carboxylic acids is 1. The summed E-state index contributed by atoms with van der Waals surface area (Å²) in [6.07, 6.45) is 5.16. The molecule has 2 N–H and O–H groups in total. The van der Waals surface area contributed by atoms with Crippen molar-refractivity contribution in [2.75, 3.05) is 0 Å². The second-order valence-corrected chi connectivity index (χ2v) is 6.09. The lowest BCUT2D eigenvalue weighted by Crippen LogP contribution is -2.16. The second kappa shape index (κ2) is 11.5. The number of nitrogens with zero attached hydrogens (tertiary/aromatic N) is 1. The molecular formula is C21H24N2O4. The molecule has 2 aromatic carbocycles. The number of carbonyl (C=O) groups is 2. The Bertz CT molecular complexity index is 760. The van der Waals surface area contributed by atoms with Gasteiger partial charge in [-0.15, -0.1) is 0 Å². The minimum Gasteiger partial charge on any atom is -0.481 e. The number of hydrogen-bond acceptors (Lipinski definition) is 4. The van der Waals surface area contributed by atoms with Gasteiger partial charge >= 0.3 is 5.97 Å². The highest BCUT2D eigenvalue weighted by Crippen LogP contribution is 2.21. The smallest absolute Gasteiger partial charge is 0.303 e. The number of nitrogens with one attached hydrogen (secondary N) is 1. The predicted molar refractivity (Wildman–Crippen MR) is 104 cm³/mol. The zero-order chi connectivity index (χ0) is 19.3. The molecule has 0 unspecified atom stereocenters. The Morgan fingerprint density at radius 1 is 0.926 bits per heavy atom. The summed E-state index contributed by atoms with van der Waals surface area (Å²) in [5.41, 5.74) is 3.32. The number of aliphatic carboxylic acids is 1. The highest BCUT2D eigenvalue weighted by atomic mass is 16.5. The van der Waals surface area contributed by atoms with Gasteiger partial charge in [0.1, 0.15) is 11.5 Å². The zero-order valence-corrected chi connectivity index (χ0v) is 15.1. The van der Waals surface area contributed by atoms with Crippen LogP contribution in [0.5, 0.6) is 11.5 Å². The first-order valence-electron chi connectivity index (χ1n) is 9.00. The Morgan fingerprint density at radius 2 is 1.63 bits per heavy atom. The van der Waals surface area contributed by atoms with Crippen molar-refractivity contribution >= 4 is 18.1 Å². The van der Waals surface area contributed by atoms with Crippen LogP contribution in [0.3, 0.4) is 0 Å². The summed E-state index contributed by atoms with van der Waals surface area (Å²) in [7, 11) is 0. The SMILES string of the molecule is O=C(O)CCCCCCC(=O)N/N=C/c1cccc(Oc2ccccc2)c1. The number of amides is 1. The molecule has 0 aliphatic rings. The van der Waals surface area contributed by atoms with Gasteiger partial charge in [-0.3, -0.25) is 9.59 Å². The Morgan fingerprint density at radius 3 is 2.37 bits per heavy atom. The van der Waals surface area contributed by atoms with Gasteiger partial charge in [0.25, 0.3) is 0 Å². The Kier molecular flexibility index (Phi) is 8.56. The zero-order valence-electron chi connectivity index (χ0n) is 15.1. The molecule has 0 radical (unpaired) electrons. The van der Waals surface area contributed by atoms with Gasteiger partial charge in [0, 0.05) is 12.8 Å². The molecule has 0 saturated heterocycles. The summed E-state index contributed by atoms with van der Waals surface area (Å²) >= 11 is 0. The summed E-state index contributed by atoms with van der Waals surface area (Å²) in [6.45, 7) is 0. The van der Waals surface area contributed by atoms with Crippen LogP contribution in [0.25, 0.3) is 0 Å². The molecule has 2 aromatic rings. The number of unbranched alkanes of at least 4 members (excludes halogenated alkanes) is 3. The summed E-state index contributed by atoms with van der Waals surface area (Å²) in [4.78, 5) is 22.1. The van der Waals surface area contributed by atoms with E-state index in [9.17, 15) is 9.59 Å². The molecule has 1 amide bonds. The lowest BCUT2D eigenvalue weighted by atomic mass is 10.1. The molecule has 142 valence electrons. The number of para-hydroxylation sites is 1. The molecule has 0 bridgehead atoms. The molecule has 0 heterocycles. The minimum atomic E-state index is -0.777. The van der Waals surface area contributed by atoms with E-state index in [1.807, 2.05) is 54.6 Å². The first kappa shape index (κ1) is 20.2. The summed E-state index contributed by atoms with van der Waals surface area (Å²) < 4.78 is 5.76. The maximum absolute atomic E-state index is 11.7. The van der Waals surface area contributed by atoms with Crippen molar-refractivity contribution in [1.82, 2.24) is 5.43 Å². The number of benzene rings is 2. The summed E-state index contributed by atoms with van der Waals surface area (Å²) in [5, 5.41) is 12.5. The lowest BCUT2D eigenvalue weighted by Gasteiger charge is -2.05. The third kappa shape index (κ3) is 8.67. The van der Waals surface area contributed by atoms with E-state index >= 15 is 0 Å². The van der Waals surface area contributed by atoms with Crippen LogP contribution >= 0.6 is 0 Å². The van der Waals surface area contributed by atoms with Crippen molar-refractivity contribution in [3.8, 4) is 11.5 Å². The minimum absolute atomic E-state index is 0.152. The van der Waals surface area contributed by atoms with Gasteiger partial charge in [0.15, 0.2) is 0 Å². The maximum Gasteiger partial charge on any atom is 0.303 e. The van der Waals surface area contributed by atoms with E-state index in [0.29, 0.717) is 18.6 Å². The molecule has 0 fully saturated rings. The highest BCUT2D eigenvalue weighted by molar-refractivity contribution is 5.82. The van der Waals surface area contributed by atoms with Crippen LogP contribution < -0.4 is 10.2 Å². The topological polar surface area (TPSA) is 88.0 Å². The van der Waals surface area contributed by atoms with Gasteiger partial charge in [-0.2, -0.15) is 5.10 Å². The van der Waals surface area contributed by atoms with Crippen molar-refractivity contribution < 1.29 is 19.4 Å². The van der Waals surface area contributed by atoms with Crippen LogP contribution in [0.1, 0.15) is 44.1 Å². The van der Waals surface area contributed by atoms with Gasteiger partial charge < -0.3 is 9.84 Å². The van der Waals surface area contributed by atoms with E-state index in [1.165, 1.54) is 0 Å². The molecule has 6 heteroatoms. The molecule has 2 rings (SSSR count). The fourth-order valence-corrected chi connectivity index (χ4v) is 2.43. The van der Waals surface area contributed by atoms with Gasteiger partial charge in [0.2, 0.25) is 5.91 Å². The number of ether oxygens (including phenoxy) is 1. The maximum atomic E-state index is 11.7. The normalized spacial score (nSPS) is 10.7. The van der Waals surface area contributed by atoms with Gasteiger partial charge in [-0.25, -0.2) is 5.43 Å². The molecule has 0 spiro atoms. The third-order valence-electron chi connectivity index (χ3n) is 3.78. The Balaban J connectivity index is 1.70. The van der Waals surface area contributed by atoms with Crippen LogP contribution in [0.15, 0.2) is 59.7 Å². The van der Waals surface area contributed by atoms with Crippen molar-refractivity contribution in [2.45, 2.75) is 38.5 Å². The Hall–Kier alpha value is -3.15. The summed E-state index contributed by atoms with van der Waals surface area (Å²) in [5.74, 6) is 0.516. The third-order valence-corrected chi connectivity index (χ3v) is 3.78. The highest BCUT2D eigenvalue weighted by Gasteiger charge is 2.01. The van der Waals surface area contributed by atoms with Crippen molar-refractivity contribution in [3.63, 3.8) is 0 Å². The second-order valence-electron chi connectivity index (χ2n) is 6.09. The largest absolute Gasteiger partial charge is 0.481 e. The van der Waals surface area contributed by atoms with Crippen LogP contribution in [0.4, 0.5) is 0 Å². The van der Waals surface area contributed by atoms with E-state index < -0.39 is 5.97 Å². The summed E-state index contributed by atoms with van der Waals surface area (Å²) in [6, 6.07) is 16.9. The molecule has 0 atom stereocenters. The van der Waals surface area contributed by atoms with E-state index in [1.54, 1.807) is 6.21 Å². The van der Waals surface area contributed by atoms with Crippen molar-refractivity contribution in [1.29, 1.82) is 0 Å². The number of carboxylic acid groups (broad SMARTS) is 1. The standard InChI is InChI=1S/C21H24N2O4/c24-20(13-6-1-2-7-14-21(25)26)23-22-16-17-9-8-12-19(15-17)27-18-10-4-3-5-11-18/h3-5,8-12,15-16H,1-2,6-7,13-14H2,(H,23,24)(H,25,26)/b22-16+. The van der Waals surface area contributed by atoms with Crippen LogP contribution in [0.2, 0.25) is 0 Å². The van der Waals surface area contributed by atoms with Crippen LogP contribution in [-0.2, 0) is 9.59 Å². The number of hydrogen-bond donors (Lipinski definition) is 2. The van der Waals surface area contributed by atoms with E-state index in [0.717, 1.165) is 30.6 Å². The average Bonchev–Trinajstić information content (AvgIpc) is 2.65. The molecule has 0 aromatic heterocycles. The van der Waals surface area contributed by atoms with Gasteiger partial charge in [-0.05, 0) is 42.7 Å². The first-order chi connectivity index (χ1) is 13.1. The van der Waals surface area contributed by atoms with E-state index in [2.05, 4.69) is 10.5 Å².